The summed E-state index contributed by atoms with van der Waals surface area (Å²) in [6.07, 6.45) is 1.86. The van der Waals surface area contributed by atoms with Gasteiger partial charge < -0.3 is 9.88 Å². The summed E-state index contributed by atoms with van der Waals surface area (Å²) in [5.74, 6) is 0.896. The van der Waals surface area contributed by atoms with Crippen LogP contribution in [0.25, 0.3) is 0 Å². The summed E-state index contributed by atoms with van der Waals surface area (Å²) in [6, 6.07) is 6.79. The highest BCUT2D eigenvalue weighted by molar-refractivity contribution is 7.99. The second kappa shape index (κ2) is 8.71. The molecular weight excluding hydrogens is 346 g/mol. The van der Waals surface area contributed by atoms with E-state index >= 15 is 0 Å². The minimum Gasteiger partial charge on any atom is -0.324 e. The molecule has 0 bridgehead atoms. The maximum Gasteiger partial charge on any atom is 0.234 e. The molecule has 1 heterocycles. The molecule has 0 aliphatic rings. The number of nitrogens with zero attached hydrogens (tertiary/aromatic N) is 4. The Morgan fingerprint density at radius 1 is 1.42 bits per heavy atom. The summed E-state index contributed by atoms with van der Waals surface area (Å²) in [6.45, 7) is 4.88. The number of amides is 1. The third-order valence-corrected chi connectivity index (χ3v) is 4.49. The lowest BCUT2D eigenvalue weighted by Crippen LogP contribution is -2.15. The van der Waals surface area contributed by atoms with E-state index < -0.39 is 0 Å². The Labute approximate surface area is 150 Å². The lowest BCUT2D eigenvalue weighted by Gasteiger charge is -2.08. The van der Waals surface area contributed by atoms with Gasteiger partial charge in [-0.25, -0.2) is 0 Å². The number of hydrogen-bond acceptors (Lipinski definition) is 5. The maximum atomic E-state index is 12.2. The fourth-order valence-electron chi connectivity index (χ4n) is 2.19. The van der Waals surface area contributed by atoms with E-state index in [9.17, 15) is 4.79 Å². The second-order valence-corrected chi connectivity index (χ2v) is 6.41. The molecule has 0 fully saturated rings. The van der Waals surface area contributed by atoms with Crippen LogP contribution >= 0.6 is 23.4 Å². The molecule has 1 N–H and O–H groups in total. The first-order chi connectivity index (χ1) is 11.6. The Balaban J connectivity index is 2.02. The largest absolute Gasteiger partial charge is 0.324 e. The molecule has 0 atom stereocenters. The summed E-state index contributed by atoms with van der Waals surface area (Å²) < 4.78 is 2.02. The smallest absolute Gasteiger partial charge is 0.234 e. The molecule has 2 rings (SSSR count). The van der Waals surface area contributed by atoms with Crippen molar-refractivity contribution in [1.29, 1.82) is 5.26 Å². The van der Waals surface area contributed by atoms with Crippen molar-refractivity contribution in [2.45, 2.75) is 38.4 Å². The highest BCUT2D eigenvalue weighted by Crippen LogP contribution is 2.22. The van der Waals surface area contributed by atoms with E-state index in [0.717, 1.165) is 30.4 Å². The zero-order chi connectivity index (χ0) is 17.5. The number of carbonyl (C=O) groups excluding carboxylic acids is 1. The molecule has 1 aromatic heterocycles. The minimum absolute atomic E-state index is 0.182. The predicted molar refractivity (Wildman–Crippen MR) is 95.2 cm³/mol. The van der Waals surface area contributed by atoms with Gasteiger partial charge in [0.2, 0.25) is 5.91 Å². The van der Waals surface area contributed by atoms with Crippen molar-refractivity contribution < 1.29 is 4.79 Å². The second-order valence-electron chi connectivity index (χ2n) is 5.03. The summed E-state index contributed by atoms with van der Waals surface area (Å²) in [4.78, 5) is 12.2. The van der Waals surface area contributed by atoms with Crippen LogP contribution in [0.15, 0.2) is 23.4 Å². The van der Waals surface area contributed by atoms with E-state index in [-0.39, 0.29) is 11.7 Å². The average molecular weight is 364 g/mol. The zero-order valence-corrected chi connectivity index (χ0v) is 15.1. The third-order valence-electron chi connectivity index (χ3n) is 3.29. The molecule has 2 aromatic rings. The molecule has 0 aliphatic heterocycles. The van der Waals surface area contributed by atoms with Crippen LogP contribution in [0.3, 0.4) is 0 Å². The van der Waals surface area contributed by atoms with E-state index in [2.05, 4.69) is 22.4 Å². The third kappa shape index (κ3) is 4.49. The van der Waals surface area contributed by atoms with E-state index in [0.29, 0.717) is 16.3 Å². The Morgan fingerprint density at radius 3 is 2.88 bits per heavy atom. The molecule has 8 heteroatoms. The van der Waals surface area contributed by atoms with Gasteiger partial charge in [-0.05, 0) is 31.5 Å². The molecule has 24 heavy (non-hydrogen) atoms. The molecule has 0 saturated carbocycles. The molecule has 1 amide bonds. The zero-order valence-electron chi connectivity index (χ0n) is 13.5. The monoisotopic (exact) mass is 363 g/mol. The minimum atomic E-state index is -0.221. The topological polar surface area (TPSA) is 83.6 Å². The first-order valence-corrected chi connectivity index (χ1v) is 8.99. The maximum absolute atomic E-state index is 12.2. The normalized spacial score (nSPS) is 10.4. The lowest BCUT2D eigenvalue weighted by molar-refractivity contribution is -0.113. The lowest BCUT2D eigenvalue weighted by atomic mass is 10.2. The van der Waals surface area contributed by atoms with Crippen LogP contribution in [-0.4, -0.2) is 26.4 Å². The number of aryl methyl sites for hydroxylation is 1. The molecular formula is C16H18ClN5OS. The number of nitriles is 1. The molecule has 126 valence electrons. The number of halogens is 1. The van der Waals surface area contributed by atoms with Gasteiger partial charge in [-0.3, -0.25) is 4.79 Å². The van der Waals surface area contributed by atoms with Gasteiger partial charge in [0.1, 0.15) is 11.9 Å². The highest BCUT2D eigenvalue weighted by Gasteiger charge is 2.13. The molecule has 1 aromatic carbocycles. The highest BCUT2D eigenvalue weighted by atomic mass is 35.5. The van der Waals surface area contributed by atoms with Crippen LogP contribution in [0.1, 0.15) is 31.7 Å². The van der Waals surface area contributed by atoms with Gasteiger partial charge in [-0.15, -0.1) is 10.2 Å². The molecule has 0 unspecified atom stereocenters. The van der Waals surface area contributed by atoms with Gasteiger partial charge in [0.05, 0.1) is 17.0 Å². The van der Waals surface area contributed by atoms with Crippen LogP contribution in [0.4, 0.5) is 5.69 Å². The van der Waals surface area contributed by atoms with Crippen molar-refractivity contribution in [2.75, 3.05) is 11.1 Å². The summed E-state index contributed by atoms with van der Waals surface area (Å²) in [7, 11) is 0. The fraction of sp³-hybridized carbons (Fsp3) is 0.375. The molecule has 0 spiro atoms. The van der Waals surface area contributed by atoms with Gasteiger partial charge >= 0.3 is 0 Å². The number of carbonyl (C=O) groups is 1. The number of thioether (sulfide) groups is 1. The first kappa shape index (κ1) is 18.3. The molecule has 0 aliphatic carbocycles. The van der Waals surface area contributed by atoms with Crippen molar-refractivity contribution >= 4 is 35.0 Å². The Kier molecular flexibility index (Phi) is 6.64. The van der Waals surface area contributed by atoms with E-state index in [1.807, 2.05) is 17.6 Å². The SMILES string of the molecule is CCCc1nnc(SCC(=O)Nc2cc(Cl)ccc2C#N)n1CC. The van der Waals surface area contributed by atoms with Crippen LogP contribution in [0.2, 0.25) is 5.02 Å². The Bertz CT molecular complexity index is 768. The summed E-state index contributed by atoms with van der Waals surface area (Å²) >= 11 is 7.24. The van der Waals surface area contributed by atoms with Crippen molar-refractivity contribution in [2.24, 2.45) is 0 Å². The van der Waals surface area contributed by atoms with Crippen LogP contribution in [0, 0.1) is 11.3 Å². The Hall–Kier alpha value is -2.04. The number of rotatable bonds is 7. The van der Waals surface area contributed by atoms with Crippen LogP contribution in [-0.2, 0) is 17.8 Å². The van der Waals surface area contributed by atoms with E-state index in [1.165, 1.54) is 11.8 Å². The van der Waals surface area contributed by atoms with Crippen LogP contribution in [0.5, 0.6) is 0 Å². The van der Waals surface area contributed by atoms with E-state index in [1.54, 1.807) is 18.2 Å². The quantitative estimate of drug-likeness (QED) is 0.761. The molecule has 6 nitrogen and oxygen atoms in total. The number of hydrogen-bond donors (Lipinski definition) is 1. The van der Waals surface area contributed by atoms with Crippen molar-refractivity contribution in [1.82, 2.24) is 14.8 Å². The van der Waals surface area contributed by atoms with E-state index in [4.69, 9.17) is 16.9 Å². The molecule has 0 radical (unpaired) electrons. The van der Waals surface area contributed by atoms with Gasteiger partial charge in [0.25, 0.3) is 0 Å². The summed E-state index contributed by atoms with van der Waals surface area (Å²) in [5.41, 5.74) is 0.791. The van der Waals surface area contributed by atoms with Gasteiger partial charge in [0, 0.05) is 18.0 Å². The number of anilines is 1. The number of benzene rings is 1. The standard InChI is InChI=1S/C16H18ClN5OS/c1-3-5-14-20-21-16(22(14)4-2)24-10-15(23)19-13-8-12(17)7-6-11(13)9-18/h6-8H,3-5,10H2,1-2H3,(H,19,23). The fourth-order valence-corrected chi connectivity index (χ4v) is 3.18. The predicted octanol–water partition coefficient (Wildman–Crippen LogP) is 3.51. The average Bonchev–Trinajstić information content (AvgIpc) is 2.95. The Morgan fingerprint density at radius 2 is 2.21 bits per heavy atom. The number of aromatic nitrogens is 3. The van der Waals surface area contributed by atoms with Crippen molar-refractivity contribution in [3.63, 3.8) is 0 Å². The van der Waals surface area contributed by atoms with Gasteiger partial charge in [-0.2, -0.15) is 5.26 Å². The summed E-state index contributed by atoms with van der Waals surface area (Å²) in [5, 5.41) is 21.3. The van der Waals surface area contributed by atoms with Crippen molar-refractivity contribution in [3.8, 4) is 6.07 Å². The number of nitrogens with one attached hydrogen (secondary N) is 1. The van der Waals surface area contributed by atoms with Crippen molar-refractivity contribution in [3.05, 3.63) is 34.6 Å². The first-order valence-electron chi connectivity index (χ1n) is 7.63. The van der Waals surface area contributed by atoms with Gasteiger partial charge in [-0.1, -0.05) is 30.3 Å². The van der Waals surface area contributed by atoms with Gasteiger partial charge in [0.15, 0.2) is 5.16 Å². The van der Waals surface area contributed by atoms with Crippen LogP contribution < -0.4 is 5.32 Å². The molecule has 0 saturated heterocycles.